The van der Waals surface area contributed by atoms with Gasteiger partial charge in [0, 0.05) is 23.7 Å². The zero-order valence-electron chi connectivity index (χ0n) is 15.5. The van der Waals surface area contributed by atoms with Crippen molar-refractivity contribution >= 4 is 22.8 Å². The third-order valence-corrected chi connectivity index (χ3v) is 6.03. The first-order valence-corrected chi connectivity index (χ1v) is 9.96. The SMILES string of the molecule is Nc1cc(Nc2ccc3c(c2)CCC3)c2nc([C@H]3CC[C@H](N)CC3)cn2n1. The van der Waals surface area contributed by atoms with Crippen LogP contribution < -0.4 is 16.8 Å². The lowest BCUT2D eigenvalue weighted by molar-refractivity contribution is 0.391. The highest BCUT2D eigenvalue weighted by Crippen LogP contribution is 2.33. The second-order valence-corrected chi connectivity index (χ2v) is 7.99. The van der Waals surface area contributed by atoms with E-state index < -0.39 is 0 Å². The Labute approximate surface area is 159 Å². The number of benzene rings is 1. The van der Waals surface area contributed by atoms with Gasteiger partial charge in [0.2, 0.25) is 0 Å². The summed E-state index contributed by atoms with van der Waals surface area (Å²) in [7, 11) is 0. The predicted octanol–water partition coefficient (Wildman–Crippen LogP) is 3.53. The van der Waals surface area contributed by atoms with Crippen LogP contribution in [0, 0.1) is 0 Å². The van der Waals surface area contributed by atoms with Crippen molar-refractivity contribution in [3.63, 3.8) is 0 Å². The van der Waals surface area contributed by atoms with Gasteiger partial charge >= 0.3 is 0 Å². The van der Waals surface area contributed by atoms with Crippen molar-refractivity contribution in [2.45, 2.75) is 56.9 Å². The Bertz CT molecular complexity index is 984. The summed E-state index contributed by atoms with van der Waals surface area (Å²) in [5.74, 6) is 0.946. The number of nitrogen functional groups attached to an aromatic ring is 1. The molecule has 0 unspecified atom stereocenters. The fraction of sp³-hybridized carbons (Fsp3) is 0.429. The van der Waals surface area contributed by atoms with Crippen LogP contribution in [0.4, 0.5) is 17.2 Å². The van der Waals surface area contributed by atoms with E-state index in [2.05, 4.69) is 28.6 Å². The van der Waals surface area contributed by atoms with Gasteiger partial charge in [0.25, 0.3) is 0 Å². The van der Waals surface area contributed by atoms with Crippen molar-refractivity contribution in [2.24, 2.45) is 5.73 Å². The minimum atomic E-state index is 0.337. The van der Waals surface area contributed by atoms with Crippen LogP contribution in [-0.4, -0.2) is 20.6 Å². The average Bonchev–Trinajstić information content (AvgIpc) is 3.28. The second-order valence-electron chi connectivity index (χ2n) is 7.99. The fourth-order valence-electron chi connectivity index (χ4n) is 4.52. The fourth-order valence-corrected chi connectivity index (χ4v) is 4.52. The van der Waals surface area contributed by atoms with Crippen LogP contribution in [-0.2, 0) is 12.8 Å². The molecule has 5 rings (SSSR count). The molecular weight excluding hydrogens is 336 g/mol. The van der Waals surface area contributed by atoms with E-state index in [-0.39, 0.29) is 0 Å². The van der Waals surface area contributed by atoms with Crippen molar-refractivity contribution in [2.75, 3.05) is 11.1 Å². The number of imidazole rings is 1. The molecule has 0 atom stereocenters. The third-order valence-electron chi connectivity index (χ3n) is 6.03. The summed E-state index contributed by atoms with van der Waals surface area (Å²) in [5, 5.41) is 7.95. The minimum absolute atomic E-state index is 0.337. The maximum Gasteiger partial charge on any atom is 0.177 e. The summed E-state index contributed by atoms with van der Waals surface area (Å²) in [5.41, 5.74) is 18.9. The van der Waals surface area contributed by atoms with Gasteiger partial charge in [0.1, 0.15) is 5.82 Å². The molecule has 2 aromatic heterocycles. The number of fused-ring (bicyclic) bond motifs is 2. The highest BCUT2D eigenvalue weighted by molar-refractivity contribution is 5.76. The molecule has 2 aliphatic carbocycles. The minimum Gasteiger partial charge on any atom is -0.382 e. The van der Waals surface area contributed by atoms with E-state index in [1.165, 1.54) is 24.0 Å². The van der Waals surface area contributed by atoms with E-state index in [9.17, 15) is 0 Å². The van der Waals surface area contributed by atoms with Gasteiger partial charge in [0.15, 0.2) is 5.65 Å². The first kappa shape index (κ1) is 16.6. The van der Waals surface area contributed by atoms with Crippen molar-refractivity contribution in [3.8, 4) is 0 Å². The average molecular weight is 362 g/mol. The van der Waals surface area contributed by atoms with Gasteiger partial charge in [-0.25, -0.2) is 9.50 Å². The summed E-state index contributed by atoms with van der Waals surface area (Å²) in [6.07, 6.45) is 9.94. The molecule has 1 fully saturated rings. The Kier molecular flexibility index (Phi) is 4.01. The van der Waals surface area contributed by atoms with Crippen molar-refractivity contribution in [1.29, 1.82) is 0 Å². The molecule has 0 aliphatic heterocycles. The Morgan fingerprint density at radius 1 is 1.04 bits per heavy atom. The van der Waals surface area contributed by atoms with Gasteiger partial charge in [0.05, 0.1) is 17.6 Å². The highest BCUT2D eigenvalue weighted by Gasteiger charge is 2.23. The molecule has 2 aliphatic rings. The maximum atomic E-state index is 6.06. The van der Waals surface area contributed by atoms with Crippen LogP contribution in [0.15, 0.2) is 30.5 Å². The molecule has 3 aromatic rings. The molecule has 0 radical (unpaired) electrons. The number of nitrogens with two attached hydrogens (primary N) is 2. The molecule has 0 bridgehead atoms. The van der Waals surface area contributed by atoms with E-state index in [4.69, 9.17) is 16.5 Å². The number of nitrogens with zero attached hydrogens (tertiary/aromatic N) is 3. The summed E-state index contributed by atoms with van der Waals surface area (Å²) in [6.45, 7) is 0. The lowest BCUT2D eigenvalue weighted by Crippen LogP contribution is -2.25. The quantitative estimate of drug-likeness (QED) is 0.663. The van der Waals surface area contributed by atoms with Crippen LogP contribution in [0.3, 0.4) is 0 Å². The van der Waals surface area contributed by atoms with Crippen molar-refractivity contribution in [1.82, 2.24) is 14.6 Å². The smallest absolute Gasteiger partial charge is 0.177 e. The Hall–Kier alpha value is -2.60. The van der Waals surface area contributed by atoms with Crippen LogP contribution in [0.1, 0.15) is 54.8 Å². The standard InChI is InChI=1S/C21H26N6/c22-16-7-4-14(5-8-16)19-12-27-21(25-19)18(11-20(23)26-27)24-17-9-6-13-2-1-3-15(13)10-17/h6,9-12,14,16,24H,1-5,7-8,22H2,(H2,23,26)/t14-,16-. The van der Waals surface area contributed by atoms with E-state index in [0.717, 1.165) is 54.8 Å². The highest BCUT2D eigenvalue weighted by atomic mass is 15.3. The van der Waals surface area contributed by atoms with Crippen molar-refractivity contribution in [3.05, 3.63) is 47.3 Å². The normalized spacial score (nSPS) is 22.1. The van der Waals surface area contributed by atoms with Crippen LogP contribution in [0.2, 0.25) is 0 Å². The Balaban J connectivity index is 1.48. The van der Waals surface area contributed by atoms with Gasteiger partial charge in [-0.3, -0.25) is 0 Å². The van der Waals surface area contributed by atoms with Gasteiger partial charge in [-0.2, -0.15) is 0 Å². The van der Waals surface area contributed by atoms with Crippen molar-refractivity contribution < 1.29 is 0 Å². The first-order valence-electron chi connectivity index (χ1n) is 9.96. The molecular formula is C21H26N6. The molecule has 0 saturated heterocycles. The first-order chi connectivity index (χ1) is 13.2. The number of nitrogens with one attached hydrogen (secondary N) is 1. The van der Waals surface area contributed by atoms with E-state index in [1.807, 2.05) is 16.8 Å². The Morgan fingerprint density at radius 2 is 1.85 bits per heavy atom. The summed E-state index contributed by atoms with van der Waals surface area (Å²) in [4.78, 5) is 4.91. The van der Waals surface area contributed by atoms with E-state index in [1.54, 1.807) is 0 Å². The molecule has 6 heteroatoms. The number of hydrogen-bond donors (Lipinski definition) is 3. The maximum absolute atomic E-state index is 6.06. The lowest BCUT2D eigenvalue weighted by atomic mass is 9.85. The van der Waals surface area contributed by atoms with Gasteiger partial charge < -0.3 is 16.8 Å². The predicted molar refractivity (Wildman–Crippen MR) is 108 cm³/mol. The summed E-state index contributed by atoms with van der Waals surface area (Å²) in [6, 6.07) is 8.83. The third kappa shape index (κ3) is 3.14. The molecule has 27 heavy (non-hydrogen) atoms. The molecule has 6 nitrogen and oxygen atoms in total. The molecule has 0 spiro atoms. The van der Waals surface area contributed by atoms with Crippen LogP contribution >= 0.6 is 0 Å². The monoisotopic (exact) mass is 362 g/mol. The molecule has 1 aromatic carbocycles. The number of aromatic nitrogens is 3. The molecule has 1 saturated carbocycles. The van der Waals surface area contributed by atoms with E-state index >= 15 is 0 Å². The summed E-state index contributed by atoms with van der Waals surface area (Å²) >= 11 is 0. The summed E-state index contributed by atoms with van der Waals surface area (Å²) < 4.78 is 1.81. The number of rotatable bonds is 3. The van der Waals surface area contributed by atoms with E-state index in [0.29, 0.717) is 17.8 Å². The molecule has 140 valence electrons. The zero-order chi connectivity index (χ0) is 18.4. The zero-order valence-corrected chi connectivity index (χ0v) is 15.5. The molecule has 2 heterocycles. The van der Waals surface area contributed by atoms with Crippen LogP contribution in [0.5, 0.6) is 0 Å². The molecule has 5 N–H and O–H groups in total. The number of hydrogen-bond acceptors (Lipinski definition) is 5. The van der Waals surface area contributed by atoms with Gasteiger partial charge in [-0.1, -0.05) is 6.07 Å². The number of anilines is 3. The second kappa shape index (κ2) is 6.53. The largest absolute Gasteiger partial charge is 0.382 e. The number of aryl methyl sites for hydroxylation is 2. The Morgan fingerprint density at radius 3 is 2.70 bits per heavy atom. The van der Waals surface area contributed by atoms with Gasteiger partial charge in [-0.15, -0.1) is 5.10 Å². The van der Waals surface area contributed by atoms with Crippen LogP contribution in [0.25, 0.3) is 5.65 Å². The topological polar surface area (TPSA) is 94.3 Å². The lowest BCUT2D eigenvalue weighted by Gasteiger charge is -2.24. The van der Waals surface area contributed by atoms with Gasteiger partial charge in [-0.05, 0) is 68.2 Å². The molecule has 0 amide bonds.